The summed E-state index contributed by atoms with van der Waals surface area (Å²) in [5, 5.41) is 22.2. The minimum atomic E-state index is -0.140. The molecule has 1 fully saturated rings. The van der Waals surface area contributed by atoms with E-state index in [4.69, 9.17) is 9.78 Å². The van der Waals surface area contributed by atoms with E-state index in [9.17, 15) is 5.26 Å². The molecule has 4 rings (SSSR count). The first-order valence-electron chi connectivity index (χ1n) is 8.11. The van der Waals surface area contributed by atoms with Crippen LogP contribution >= 0.6 is 0 Å². The van der Waals surface area contributed by atoms with Crippen molar-refractivity contribution in [1.82, 2.24) is 25.0 Å². The molecule has 0 aliphatic carbocycles. The molecule has 1 unspecified atom stereocenters. The lowest BCUT2D eigenvalue weighted by Crippen LogP contribution is -2.17. The number of aromatic nitrogens is 4. The Balaban J connectivity index is 1.65. The number of nitriles is 2. The zero-order chi connectivity index (χ0) is 17.9. The molecule has 3 aromatic heterocycles. The van der Waals surface area contributed by atoms with E-state index in [-0.39, 0.29) is 6.04 Å². The van der Waals surface area contributed by atoms with Crippen LogP contribution in [0.5, 0.6) is 0 Å². The summed E-state index contributed by atoms with van der Waals surface area (Å²) in [5.41, 5.74) is 2.61. The van der Waals surface area contributed by atoms with Gasteiger partial charge in [0.1, 0.15) is 23.5 Å². The smallest absolute Gasteiger partial charge is 0.276 e. The number of nitrogens with zero attached hydrogens (tertiary/aromatic N) is 7. The molecule has 0 saturated carbocycles. The zero-order valence-electron chi connectivity index (χ0n) is 13.7. The Morgan fingerprint density at radius 2 is 1.92 bits per heavy atom. The van der Waals surface area contributed by atoms with E-state index in [0.29, 0.717) is 29.6 Å². The molecule has 0 aromatic carbocycles. The van der Waals surface area contributed by atoms with Crippen LogP contribution in [0.4, 0.5) is 0 Å². The monoisotopic (exact) mass is 343 g/mol. The number of hydrogen-bond donors (Lipinski definition) is 0. The molecule has 1 atom stereocenters. The normalized spacial score (nSPS) is 16.2. The lowest BCUT2D eigenvalue weighted by molar-refractivity contribution is 0.339. The maximum atomic E-state index is 9.18. The van der Waals surface area contributed by atoms with Crippen molar-refractivity contribution in [3.05, 3.63) is 48.2 Å². The molecule has 1 aliphatic rings. The fourth-order valence-electron chi connectivity index (χ4n) is 3.03. The van der Waals surface area contributed by atoms with Gasteiger partial charge in [0, 0.05) is 18.9 Å². The largest absolute Gasteiger partial charge is 0.332 e. The molecule has 3 aromatic rings. The van der Waals surface area contributed by atoms with Gasteiger partial charge in [-0.15, -0.1) is 0 Å². The second-order valence-electron chi connectivity index (χ2n) is 5.88. The third-order valence-electron chi connectivity index (χ3n) is 4.31. The van der Waals surface area contributed by atoms with Gasteiger partial charge in [-0.2, -0.15) is 15.5 Å². The topological polar surface area (TPSA) is 116 Å². The minimum Gasteiger partial charge on any atom is -0.332 e. The third-order valence-corrected chi connectivity index (χ3v) is 4.31. The summed E-state index contributed by atoms with van der Waals surface area (Å²) in [6.07, 6.45) is 7.17. The predicted octanol–water partition coefficient (Wildman–Crippen LogP) is 2.68. The van der Waals surface area contributed by atoms with Crippen LogP contribution in [0.15, 0.2) is 41.2 Å². The number of hydrogen-bond acceptors (Lipinski definition) is 8. The van der Waals surface area contributed by atoms with Crippen molar-refractivity contribution in [1.29, 1.82) is 10.5 Å². The average Bonchev–Trinajstić information content (AvgIpc) is 3.37. The number of likely N-dealkylation sites (tertiary alicyclic amines) is 1. The summed E-state index contributed by atoms with van der Waals surface area (Å²) in [6, 6.07) is 9.08. The summed E-state index contributed by atoms with van der Waals surface area (Å²) in [4.78, 5) is 14.4. The molecule has 0 radical (unpaired) electrons. The van der Waals surface area contributed by atoms with Gasteiger partial charge in [0.15, 0.2) is 12.0 Å². The van der Waals surface area contributed by atoms with Gasteiger partial charge in [-0.25, -0.2) is 4.98 Å². The Morgan fingerprint density at radius 3 is 2.73 bits per heavy atom. The molecule has 1 saturated heterocycles. The summed E-state index contributed by atoms with van der Waals surface area (Å²) in [7, 11) is 0. The first-order chi connectivity index (χ1) is 12.8. The van der Waals surface area contributed by atoms with Crippen molar-refractivity contribution in [3.8, 4) is 35.0 Å². The molecule has 8 heteroatoms. The number of rotatable bonds is 3. The van der Waals surface area contributed by atoms with Crippen LogP contribution < -0.4 is 0 Å². The molecular weight excluding hydrogens is 330 g/mol. The molecule has 126 valence electrons. The lowest BCUT2D eigenvalue weighted by Gasteiger charge is -2.13. The Kier molecular flexibility index (Phi) is 4.00. The van der Waals surface area contributed by atoms with Crippen LogP contribution in [-0.2, 0) is 0 Å². The van der Waals surface area contributed by atoms with Gasteiger partial charge in [-0.3, -0.25) is 9.88 Å². The van der Waals surface area contributed by atoms with E-state index in [1.807, 2.05) is 24.3 Å². The van der Waals surface area contributed by atoms with Crippen molar-refractivity contribution in [2.75, 3.05) is 6.54 Å². The summed E-state index contributed by atoms with van der Waals surface area (Å²) >= 11 is 0. The lowest BCUT2D eigenvalue weighted by atomic mass is 10.1. The van der Waals surface area contributed by atoms with Gasteiger partial charge < -0.3 is 4.52 Å². The second kappa shape index (κ2) is 6.61. The van der Waals surface area contributed by atoms with Crippen molar-refractivity contribution >= 4 is 0 Å². The number of pyridine rings is 2. The quantitative estimate of drug-likeness (QED) is 0.666. The summed E-state index contributed by atoms with van der Waals surface area (Å²) in [6.45, 7) is 0.710. The Morgan fingerprint density at radius 1 is 1.12 bits per heavy atom. The van der Waals surface area contributed by atoms with Gasteiger partial charge in [0.05, 0.1) is 0 Å². The first-order valence-corrected chi connectivity index (χ1v) is 8.11. The van der Waals surface area contributed by atoms with Gasteiger partial charge in [-0.05, 0) is 48.2 Å². The molecule has 1 aliphatic heterocycles. The van der Waals surface area contributed by atoms with Crippen LogP contribution in [0.3, 0.4) is 0 Å². The highest BCUT2D eigenvalue weighted by Gasteiger charge is 2.29. The van der Waals surface area contributed by atoms with Crippen molar-refractivity contribution < 1.29 is 4.52 Å². The molecule has 0 N–H and O–H groups in total. The highest BCUT2D eigenvalue weighted by molar-refractivity contribution is 5.68. The minimum absolute atomic E-state index is 0.140. The molecule has 0 bridgehead atoms. The summed E-state index contributed by atoms with van der Waals surface area (Å²) in [5.74, 6) is 0.808. The molecular formula is C18H13N7O. The van der Waals surface area contributed by atoms with Crippen LogP contribution in [0.2, 0.25) is 0 Å². The fraction of sp³-hybridized carbons (Fsp3) is 0.222. The molecule has 26 heavy (non-hydrogen) atoms. The Labute approximate surface area is 149 Å². The van der Waals surface area contributed by atoms with E-state index in [0.717, 1.165) is 24.0 Å². The van der Waals surface area contributed by atoms with Gasteiger partial charge in [-0.1, -0.05) is 5.16 Å². The van der Waals surface area contributed by atoms with Gasteiger partial charge in [0.25, 0.3) is 5.89 Å². The molecule has 0 spiro atoms. The van der Waals surface area contributed by atoms with Gasteiger partial charge >= 0.3 is 0 Å². The van der Waals surface area contributed by atoms with Crippen LogP contribution in [0.25, 0.3) is 22.7 Å². The SMILES string of the molecule is N#Cc1cc(-c2ccnc(-c3nc(C4CCCN4C#N)no3)c2)ccn1. The molecule has 8 nitrogen and oxygen atoms in total. The van der Waals surface area contributed by atoms with Gasteiger partial charge in [0.2, 0.25) is 0 Å². The molecule has 4 heterocycles. The Hall–Kier alpha value is -3.78. The maximum Gasteiger partial charge on any atom is 0.276 e. The fourth-order valence-corrected chi connectivity index (χ4v) is 3.03. The van der Waals surface area contributed by atoms with Crippen molar-refractivity contribution in [3.63, 3.8) is 0 Å². The van der Waals surface area contributed by atoms with Crippen molar-refractivity contribution in [2.45, 2.75) is 18.9 Å². The maximum absolute atomic E-state index is 9.18. The standard InChI is InChI=1S/C18H13N7O/c19-10-14-8-12(3-5-21-14)13-4-6-22-15(9-13)18-23-17(24-26-18)16-2-1-7-25(16)11-20/h3-6,8-9,16H,1-2,7H2. The highest BCUT2D eigenvalue weighted by Crippen LogP contribution is 2.31. The van der Waals surface area contributed by atoms with E-state index in [1.54, 1.807) is 23.4 Å². The van der Waals surface area contributed by atoms with E-state index in [1.165, 1.54) is 0 Å². The van der Waals surface area contributed by atoms with E-state index in [2.05, 4.69) is 26.3 Å². The van der Waals surface area contributed by atoms with Crippen molar-refractivity contribution in [2.24, 2.45) is 0 Å². The third kappa shape index (κ3) is 2.85. The van der Waals surface area contributed by atoms with Crippen LogP contribution in [0.1, 0.15) is 30.4 Å². The van der Waals surface area contributed by atoms with Crippen LogP contribution in [0, 0.1) is 22.8 Å². The van der Waals surface area contributed by atoms with E-state index < -0.39 is 0 Å². The molecule has 0 amide bonds. The van der Waals surface area contributed by atoms with Crippen LogP contribution in [-0.4, -0.2) is 31.6 Å². The first kappa shape index (κ1) is 15.7. The second-order valence-corrected chi connectivity index (χ2v) is 5.88. The predicted molar refractivity (Wildman–Crippen MR) is 89.8 cm³/mol. The summed E-state index contributed by atoms with van der Waals surface area (Å²) < 4.78 is 5.37. The Bertz CT molecular complexity index is 1030. The average molecular weight is 343 g/mol. The highest BCUT2D eigenvalue weighted by atomic mass is 16.5. The van der Waals surface area contributed by atoms with E-state index >= 15 is 0 Å². The zero-order valence-corrected chi connectivity index (χ0v) is 13.7.